The Labute approximate surface area is 182 Å². The van der Waals surface area contributed by atoms with Crippen molar-refractivity contribution in [3.63, 3.8) is 0 Å². The minimum Gasteiger partial charge on any atom is -0.508 e. The topological polar surface area (TPSA) is 101 Å². The average molecular weight is 432 g/mol. The number of nitrogen functional groups attached to an aromatic ring is 1. The van der Waals surface area contributed by atoms with E-state index in [0.717, 1.165) is 17.7 Å². The summed E-state index contributed by atoms with van der Waals surface area (Å²) in [6.07, 6.45) is 1.34. The van der Waals surface area contributed by atoms with E-state index in [-0.39, 0.29) is 18.0 Å². The lowest BCUT2D eigenvalue weighted by Crippen LogP contribution is -2.17. The van der Waals surface area contributed by atoms with Gasteiger partial charge < -0.3 is 16.2 Å². The van der Waals surface area contributed by atoms with Crippen LogP contribution in [0.2, 0.25) is 0 Å². The molecule has 0 spiro atoms. The van der Waals surface area contributed by atoms with E-state index in [0.29, 0.717) is 28.2 Å². The number of aromatic hydroxyl groups is 1. The first-order chi connectivity index (χ1) is 15.4. The summed E-state index contributed by atoms with van der Waals surface area (Å²) in [5.74, 6) is -2.19. The number of hydrogen-bond donors (Lipinski definition) is 3. The van der Waals surface area contributed by atoms with Gasteiger partial charge in [0.25, 0.3) is 0 Å². The minimum absolute atomic E-state index is 0.0836. The molecule has 32 heavy (non-hydrogen) atoms. The van der Waals surface area contributed by atoms with Crippen LogP contribution in [0.3, 0.4) is 0 Å². The van der Waals surface area contributed by atoms with Gasteiger partial charge >= 0.3 is 0 Å². The number of nitrogens with two attached hydrogens (primary N) is 1. The molecule has 4 rings (SSSR count). The number of phenolic OH excluding ortho intramolecular Hbond substituents is 1. The molecule has 0 aliphatic carbocycles. The largest absolute Gasteiger partial charge is 0.508 e. The number of carbonyl (C=O) groups is 1. The molecule has 1 amide bonds. The maximum atomic E-state index is 13.4. The molecular formula is C24H18F2N4O2. The van der Waals surface area contributed by atoms with Gasteiger partial charge in [0.2, 0.25) is 5.91 Å². The highest BCUT2D eigenvalue weighted by atomic mass is 19.2. The van der Waals surface area contributed by atoms with Crippen molar-refractivity contribution in [3.05, 3.63) is 90.1 Å². The highest BCUT2D eigenvalue weighted by molar-refractivity contribution is 5.94. The fraction of sp³-hybridized carbons (Fsp3) is 0.0417. The summed E-state index contributed by atoms with van der Waals surface area (Å²) in [4.78, 5) is 21.6. The number of nitrogens with one attached hydrogen (secondary N) is 1. The van der Waals surface area contributed by atoms with Gasteiger partial charge in [0.15, 0.2) is 17.5 Å². The van der Waals surface area contributed by atoms with Crippen molar-refractivity contribution in [3.8, 4) is 28.3 Å². The molecule has 0 saturated heterocycles. The van der Waals surface area contributed by atoms with Gasteiger partial charge in [-0.15, -0.1) is 0 Å². The van der Waals surface area contributed by atoms with Gasteiger partial charge in [0.05, 0.1) is 18.3 Å². The number of hydrogen-bond acceptors (Lipinski definition) is 5. The van der Waals surface area contributed by atoms with Crippen LogP contribution >= 0.6 is 0 Å². The van der Waals surface area contributed by atoms with Crippen LogP contribution < -0.4 is 11.1 Å². The van der Waals surface area contributed by atoms with Crippen molar-refractivity contribution in [1.82, 2.24) is 9.97 Å². The van der Waals surface area contributed by atoms with Gasteiger partial charge in [-0.3, -0.25) is 4.79 Å². The van der Waals surface area contributed by atoms with Crippen molar-refractivity contribution >= 4 is 17.4 Å². The third kappa shape index (κ3) is 4.70. The first kappa shape index (κ1) is 20.9. The maximum Gasteiger partial charge on any atom is 0.230 e. The van der Waals surface area contributed by atoms with Crippen molar-refractivity contribution in [2.75, 3.05) is 11.1 Å². The minimum atomic E-state index is -1.02. The molecule has 0 atom stereocenters. The van der Waals surface area contributed by atoms with E-state index in [1.54, 1.807) is 36.4 Å². The zero-order valence-corrected chi connectivity index (χ0v) is 16.7. The van der Waals surface area contributed by atoms with Gasteiger partial charge in [-0.1, -0.05) is 18.2 Å². The molecule has 0 radical (unpaired) electrons. The number of phenols is 1. The van der Waals surface area contributed by atoms with Gasteiger partial charge in [0, 0.05) is 16.8 Å². The van der Waals surface area contributed by atoms with Crippen LogP contribution in [-0.2, 0) is 11.2 Å². The highest BCUT2D eigenvalue weighted by Crippen LogP contribution is 2.29. The smallest absolute Gasteiger partial charge is 0.230 e. The SMILES string of the molecule is Nc1ccc(-c2cnc(NC(=O)Cc3ccc(F)c(F)c3)c(-c3ccc(O)cc3)n2)cc1. The molecule has 160 valence electrons. The summed E-state index contributed by atoms with van der Waals surface area (Å²) in [6.45, 7) is 0. The van der Waals surface area contributed by atoms with Gasteiger partial charge in [0.1, 0.15) is 11.4 Å². The Morgan fingerprint density at radius 1 is 0.938 bits per heavy atom. The van der Waals surface area contributed by atoms with E-state index in [1.807, 2.05) is 0 Å². The fourth-order valence-corrected chi connectivity index (χ4v) is 3.11. The molecule has 0 fully saturated rings. The van der Waals surface area contributed by atoms with Gasteiger partial charge in [-0.25, -0.2) is 18.7 Å². The molecule has 0 aliphatic heterocycles. The molecular weight excluding hydrogens is 414 g/mol. The molecule has 8 heteroatoms. The number of aromatic nitrogens is 2. The van der Waals surface area contributed by atoms with E-state index in [9.17, 15) is 18.7 Å². The third-order valence-electron chi connectivity index (χ3n) is 4.73. The van der Waals surface area contributed by atoms with Crippen LogP contribution in [0.5, 0.6) is 5.75 Å². The number of nitrogens with zero attached hydrogens (tertiary/aromatic N) is 2. The second-order valence-electron chi connectivity index (χ2n) is 7.09. The zero-order chi connectivity index (χ0) is 22.7. The Balaban J connectivity index is 1.66. The molecule has 4 aromatic rings. The van der Waals surface area contributed by atoms with Crippen molar-refractivity contribution in [2.24, 2.45) is 0 Å². The summed E-state index contributed by atoms with van der Waals surface area (Å²) >= 11 is 0. The molecule has 0 aliphatic rings. The summed E-state index contributed by atoms with van der Waals surface area (Å²) in [5.41, 5.74) is 9.03. The molecule has 6 nitrogen and oxygen atoms in total. The Bertz CT molecular complexity index is 1280. The number of anilines is 2. The molecule has 0 saturated carbocycles. The van der Waals surface area contributed by atoms with Gasteiger partial charge in [-0.05, 0) is 54.1 Å². The summed E-state index contributed by atoms with van der Waals surface area (Å²) in [6, 6.07) is 16.7. The first-order valence-corrected chi connectivity index (χ1v) is 9.65. The second kappa shape index (κ2) is 8.81. The predicted octanol–water partition coefficient (Wildman–Crippen LogP) is 4.56. The zero-order valence-electron chi connectivity index (χ0n) is 16.7. The first-order valence-electron chi connectivity index (χ1n) is 9.65. The van der Waals surface area contributed by atoms with Crippen LogP contribution in [-0.4, -0.2) is 21.0 Å². The lowest BCUT2D eigenvalue weighted by Gasteiger charge is -2.12. The average Bonchev–Trinajstić information content (AvgIpc) is 2.78. The van der Waals surface area contributed by atoms with E-state index < -0.39 is 17.5 Å². The maximum absolute atomic E-state index is 13.4. The lowest BCUT2D eigenvalue weighted by molar-refractivity contribution is -0.115. The number of benzene rings is 3. The normalized spacial score (nSPS) is 10.7. The molecule has 4 N–H and O–H groups in total. The van der Waals surface area contributed by atoms with E-state index in [1.165, 1.54) is 24.4 Å². The van der Waals surface area contributed by atoms with Crippen LogP contribution in [0.25, 0.3) is 22.5 Å². The van der Waals surface area contributed by atoms with Crippen molar-refractivity contribution in [1.29, 1.82) is 0 Å². The monoisotopic (exact) mass is 432 g/mol. The van der Waals surface area contributed by atoms with Crippen LogP contribution in [0, 0.1) is 11.6 Å². The van der Waals surface area contributed by atoms with Crippen LogP contribution in [0.15, 0.2) is 72.9 Å². The van der Waals surface area contributed by atoms with Crippen molar-refractivity contribution in [2.45, 2.75) is 6.42 Å². The molecule has 1 aromatic heterocycles. The Morgan fingerprint density at radius 3 is 2.31 bits per heavy atom. The molecule has 0 unspecified atom stereocenters. The summed E-state index contributed by atoms with van der Waals surface area (Å²) in [7, 11) is 0. The van der Waals surface area contributed by atoms with Gasteiger partial charge in [-0.2, -0.15) is 0 Å². The second-order valence-corrected chi connectivity index (χ2v) is 7.09. The Hall–Kier alpha value is -4.33. The highest BCUT2D eigenvalue weighted by Gasteiger charge is 2.15. The fourth-order valence-electron chi connectivity index (χ4n) is 3.11. The predicted molar refractivity (Wildman–Crippen MR) is 118 cm³/mol. The standard InChI is InChI=1S/C24H18F2N4O2/c25-19-10-1-14(11-20(19)26)12-22(32)30-24-23(16-4-8-18(31)9-5-16)29-21(13-28-24)15-2-6-17(27)7-3-15/h1-11,13,31H,12,27H2,(H,28,30,32). The van der Waals surface area contributed by atoms with Crippen LogP contribution in [0.1, 0.15) is 5.56 Å². The molecule has 3 aromatic carbocycles. The Morgan fingerprint density at radius 2 is 1.62 bits per heavy atom. The number of halogens is 2. The van der Waals surface area contributed by atoms with Crippen molar-refractivity contribution < 1.29 is 18.7 Å². The third-order valence-corrected chi connectivity index (χ3v) is 4.73. The molecule has 1 heterocycles. The number of carbonyl (C=O) groups excluding carboxylic acids is 1. The van der Waals surface area contributed by atoms with E-state index >= 15 is 0 Å². The van der Waals surface area contributed by atoms with E-state index in [2.05, 4.69) is 15.3 Å². The van der Waals surface area contributed by atoms with Crippen LogP contribution in [0.4, 0.5) is 20.3 Å². The summed E-state index contributed by atoms with van der Waals surface area (Å²) < 4.78 is 26.6. The van der Waals surface area contributed by atoms with E-state index in [4.69, 9.17) is 5.73 Å². The Kier molecular flexibility index (Phi) is 5.76. The quantitative estimate of drug-likeness (QED) is 0.402. The number of amides is 1. The number of rotatable bonds is 5. The molecule has 0 bridgehead atoms. The lowest BCUT2D eigenvalue weighted by atomic mass is 10.1. The summed E-state index contributed by atoms with van der Waals surface area (Å²) in [5, 5.41) is 12.3.